The molecule has 0 spiro atoms. The maximum absolute atomic E-state index is 13.0. The van der Waals surface area contributed by atoms with Gasteiger partial charge in [-0.1, -0.05) is 49.4 Å². The summed E-state index contributed by atoms with van der Waals surface area (Å²) in [4.78, 5) is 15.0. The quantitative estimate of drug-likeness (QED) is 0.721. The number of thioether (sulfide) groups is 1. The standard InChI is InChI=1S/C21H30N4OS/c1-6-25-19(18-9-7-8-14(2)11-18)22-23-21(25)27-17(5)20(26)24-12-15(3)10-16(4)13-24/h7-9,11,15-17H,6,10,12-13H2,1-5H3. The molecule has 2 heterocycles. The first kappa shape index (κ1) is 19.9. The summed E-state index contributed by atoms with van der Waals surface area (Å²) in [5.41, 5.74) is 2.26. The summed E-state index contributed by atoms with van der Waals surface area (Å²) in [6.07, 6.45) is 1.20. The number of likely N-dealkylation sites (tertiary alicyclic amines) is 1. The average molecular weight is 387 g/mol. The van der Waals surface area contributed by atoms with E-state index < -0.39 is 0 Å². The third kappa shape index (κ3) is 4.54. The number of hydrogen-bond acceptors (Lipinski definition) is 4. The van der Waals surface area contributed by atoms with Gasteiger partial charge in [-0.2, -0.15) is 0 Å². The highest BCUT2D eigenvalue weighted by Crippen LogP contribution is 2.29. The van der Waals surface area contributed by atoms with E-state index in [1.165, 1.54) is 23.7 Å². The van der Waals surface area contributed by atoms with Crippen LogP contribution in [-0.2, 0) is 11.3 Å². The van der Waals surface area contributed by atoms with E-state index in [0.717, 1.165) is 36.2 Å². The summed E-state index contributed by atoms with van der Waals surface area (Å²) in [6.45, 7) is 13.1. The molecule has 0 N–H and O–H groups in total. The van der Waals surface area contributed by atoms with Crippen LogP contribution in [0.4, 0.5) is 0 Å². The molecule has 1 aromatic heterocycles. The van der Waals surface area contributed by atoms with E-state index in [1.54, 1.807) is 0 Å². The molecule has 3 rings (SSSR count). The topological polar surface area (TPSA) is 51.0 Å². The van der Waals surface area contributed by atoms with E-state index in [-0.39, 0.29) is 11.2 Å². The van der Waals surface area contributed by atoms with Gasteiger partial charge < -0.3 is 9.47 Å². The lowest BCUT2D eigenvalue weighted by atomic mass is 9.92. The Morgan fingerprint density at radius 2 is 1.96 bits per heavy atom. The zero-order chi connectivity index (χ0) is 19.6. The van der Waals surface area contributed by atoms with Gasteiger partial charge in [-0.05, 0) is 45.1 Å². The minimum atomic E-state index is -0.164. The van der Waals surface area contributed by atoms with Gasteiger partial charge in [0.05, 0.1) is 5.25 Å². The number of nitrogens with zero attached hydrogens (tertiary/aromatic N) is 4. The lowest BCUT2D eigenvalue weighted by molar-refractivity contribution is -0.132. The number of piperidine rings is 1. The van der Waals surface area contributed by atoms with Crippen molar-refractivity contribution in [2.24, 2.45) is 11.8 Å². The van der Waals surface area contributed by atoms with Crippen LogP contribution in [0.2, 0.25) is 0 Å². The van der Waals surface area contributed by atoms with Gasteiger partial charge >= 0.3 is 0 Å². The Kier molecular flexibility index (Phi) is 6.25. The maximum Gasteiger partial charge on any atom is 0.235 e. The Morgan fingerprint density at radius 1 is 1.26 bits per heavy atom. The number of amides is 1. The number of carbonyl (C=O) groups is 1. The molecule has 1 aliphatic heterocycles. The van der Waals surface area contributed by atoms with E-state index in [4.69, 9.17) is 0 Å². The molecule has 0 radical (unpaired) electrons. The second kappa shape index (κ2) is 8.46. The van der Waals surface area contributed by atoms with Gasteiger partial charge in [-0.3, -0.25) is 4.79 Å². The molecule has 2 aromatic rings. The Morgan fingerprint density at radius 3 is 2.59 bits per heavy atom. The molecule has 0 saturated carbocycles. The van der Waals surface area contributed by atoms with Gasteiger partial charge in [0.2, 0.25) is 5.91 Å². The van der Waals surface area contributed by atoms with E-state index >= 15 is 0 Å². The minimum Gasteiger partial charge on any atom is -0.341 e. The molecule has 1 saturated heterocycles. The van der Waals surface area contributed by atoms with Crippen molar-refractivity contribution < 1.29 is 4.79 Å². The van der Waals surface area contributed by atoms with Crippen molar-refractivity contribution in [1.29, 1.82) is 0 Å². The molecule has 3 unspecified atom stereocenters. The van der Waals surface area contributed by atoms with Crippen LogP contribution < -0.4 is 0 Å². The summed E-state index contributed by atoms with van der Waals surface area (Å²) in [5.74, 6) is 2.22. The molecular weight excluding hydrogens is 356 g/mol. The number of benzene rings is 1. The van der Waals surface area contributed by atoms with Crippen molar-refractivity contribution in [1.82, 2.24) is 19.7 Å². The number of aromatic nitrogens is 3. The zero-order valence-electron chi connectivity index (χ0n) is 17.0. The van der Waals surface area contributed by atoms with Crippen molar-refractivity contribution in [3.63, 3.8) is 0 Å². The van der Waals surface area contributed by atoms with Gasteiger partial charge in [0, 0.05) is 25.2 Å². The fraction of sp³-hybridized carbons (Fsp3) is 0.571. The molecule has 1 aliphatic rings. The molecule has 5 nitrogen and oxygen atoms in total. The first-order valence-corrected chi connectivity index (χ1v) is 10.7. The number of rotatable bonds is 5. The Hall–Kier alpha value is -1.82. The van der Waals surface area contributed by atoms with Crippen molar-refractivity contribution in [3.05, 3.63) is 29.8 Å². The molecule has 0 aliphatic carbocycles. The van der Waals surface area contributed by atoms with Crippen LogP contribution in [0.15, 0.2) is 29.4 Å². The van der Waals surface area contributed by atoms with Crippen LogP contribution in [0, 0.1) is 18.8 Å². The molecular formula is C21H30N4OS. The molecule has 0 bridgehead atoms. The second-order valence-corrected chi connectivity index (χ2v) is 9.18. The van der Waals surface area contributed by atoms with Crippen LogP contribution >= 0.6 is 11.8 Å². The fourth-order valence-corrected chi connectivity index (χ4v) is 4.96. The Bertz CT molecular complexity index is 793. The SMILES string of the molecule is CCn1c(SC(C)C(=O)N2CC(C)CC(C)C2)nnc1-c1cccc(C)c1. The highest BCUT2D eigenvalue weighted by Gasteiger charge is 2.29. The van der Waals surface area contributed by atoms with Crippen molar-refractivity contribution in [3.8, 4) is 11.4 Å². The van der Waals surface area contributed by atoms with E-state index in [0.29, 0.717) is 11.8 Å². The third-order valence-electron chi connectivity index (χ3n) is 5.12. The van der Waals surface area contributed by atoms with Crippen LogP contribution in [0.1, 0.15) is 39.7 Å². The first-order valence-electron chi connectivity index (χ1n) is 9.84. The molecule has 1 aromatic carbocycles. The lowest BCUT2D eigenvalue weighted by Gasteiger charge is -2.36. The summed E-state index contributed by atoms with van der Waals surface area (Å²) >= 11 is 1.52. The van der Waals surface area contributed by atoms with E-state index in [9.17, 15) is 4.79 Å². The monoisotopic (exact) mass is 386 g/mol. The summed E-state index contributed by atoms with van der Waals surface area (Å²) in [7, 11) is 0. The number of aryl methyl sites for hydroxylation is 1. The highest BCUT2D eigenvalue weighted by atomic mass is 32.2. The summed E-state index contributed by atoms with van der Waals surface area (Å²) < 4.78 is 2.10. The normalized spacial score (nSPS) is 21.3. The Labute approximate surface area is 166 Å². The number of carbonyl (C=O) groups excluding carboxylic acids is 1. The number of hydrogen-bond donors (Lipinski definition) is 0. The predicted octanol–water partition coefficient (Wildman–Crippen LogP) is 4.26. The van der Waals surface area contributed by atoms with Crippen molar-refractivity contribution >= 4 is 17.7 Å². The molecule has 1 fully saturated rings. The molecule has 6 heteroatoms. The minimum absolute atomic E-state index is 0.164. The van der Waals surface area contributed by atoms with Crippen molar-refractivity contribution in [2.75, 3.05) is 13.1 Å². The average Bonchev–Trinajstić information content (AvgIpc) is 3.02. The van der Waals surface area contributed by atoms with Crippen molar-refractivity contribution in [2.45, 2.75) is 58.0 Å². The predicted molar refractivity (Wildman–Crippen MR) is 111 cm³/mol. The fourth-order valence-electron chi connectivity index (χ4n) is 3.97. The third-order valence-corrected chi connectivity index (χ3v) is 6.19. The Balaban J connectivity index is 1.76. The van der Waals surface area contributed by atoms with Gasteiger partial charge in [-0.25, -0.2) is 0 Å². The van der Waals surface area contributed by atoms with Crippen LogP contribution in [0.25, 0.3) is 11.4 Å². The second-order valence-electron chi connectivity index (χ2n) is 7.87. The smallest absolute Gasteiger partial charge is 0.235 e. The van der Waals surface area contributed by atoms with Crippen LogP contribution in [0.5, 0.6) is 0 Å². The van der Waals surface area contributed by atoms with E-state index in [2.05, 4.69) is 60.7 Å². The van der Waals surface area contributed by atoms with Crippen LogP contribution in [-0.4, -0.2) is 43.9 Å². The van der Waals surface area contributed by atoms with Crippen LogP contribution in [0.3, 0.4) is 0 Å². The molecule has 146 valence electrons. The maximum atomic E-state index is 13.0. The van der Waals surface area contributed by atoms with Gasteiger partial charge in [0.1, 0.15) is 0 Å². The lowest BCUT2D eigenvalue weighted by Crippen LogP contribution is -2.45. The van der Waals surface area contributed by atoms with Gasteiger partial charge in [-0.15, -0.1) is 10.2 Å². The van der Waals surface area contributed by atoms with Gasteiger partial charge in [0.15, 0.2) is 11.0 Å². The zero-order valence-corrected chi connectivity index (χ0v) is 17.8. The van der Waals surface area contributed by atoms with Gasteiger partial charge in [0.25, 0.3) is 0 Å². The first-order chi connectivity index (χ1) is 12.9. The molecule has 3 atom stereocenters. The summed E-state index contributed by atoms with van der Waals surface area (Å²) in [5, 5.41) is 9.46. The molecule has 27 heavy (non-hydrogen) atoms. The van der Waals surface area contributed by atoms with E-state index in [1.807, 2.05) is 17.9 Å². The highest BCUT2D eigenvalue weighted by molar-refractivity contribution is 8.00. The largest absolute Gasteiger partial charge is 0.341 e. The molecule has 1 amide bonds. The summed E-state index contributed by atoms with van der Waals surface area (Å²) in [6, 6.07) is 8.29.